The first-order valence-corrected chi connectivity index (χ1v) is 14.5. The molecule has 0 radical (unpaired) electrons. The number of allylic oxidation sites excluding steroid dienone is 2. The average Bonchev–Trinajstić information content (AvgIpc) is 3.29. The molecule has 2 aromatic rings. The molecule has 1 N–H and O–H groups in total. The molecule has 0 spiro atoms. The molecule has 2 heterocycles. The molecule has 2 aliphatic carbocycles. The standard InChI is InChI=1S/C31H28Cl2N2O7/c1-4-42-22-7-5-6-20(25(22)37)24-18-12-13-19-23(21(18)14-30(32)28(40)34(3)29(41)31(24,30)33)27(39)35(26(19)38)17-10-8-16(9-11-17)15(2)36/h5-12,19,21,23-24,37H,4,13-14H2,1-3H3. The van der Waals surface area contributed by atoms with Crippen LogP contribution < -0.4 is 9.64 Å². The summed E-state index contributed by atoms with van der Waals surface area (Å²) >= 11 is 14.3. The summed E-state index contributed by atoms with van der Waals surface area (Å²) in [6.07, 6.45) is 1.83. The van der Waals surface area contributed by atoms with Gasteiger partial charge in [-0.3, -0.25) is 33.8 Å². The van der Waals surface area contributed by atoms with Crippen LogP contribution in [0.25, 0.3) is 0 Å². The summed E-state index contributed by atoms with van der Waals surface area (Å²) in [6.45, 7) is 3.45. The SMILES string of the molecule is CCOc1cccc(C2C3=CCC4C(=O)N(c5ccc(C(C)=O)cc5)C(=O)C4C3CC3(Cl)C(=O)N(C)C(=O)C23Cl)c1O. The molecule has 4 aliphatic rings. The van der Waals surface area contributed by atoms with Crippen molar-refractivity contribution in [1.82, 2.24) is 4.90 Å². The van der Waals surface area contributed by atoms with Crippen molar-refractivity contribution in [3.8, 4) is 11.5 Å². The molecule has 4 amide bonds. The second-order valence-corrected chi connectivity index (χ2v) is 12.5. The Morgan fingerprint density at radius 3 is 2.36 bits per heavy atom. The molecule has 2 aliphatic heterocycles. The minimum Gasteiger partial charge on any atom is -0.504 e. The third-order valence-corrected chi connectivity index (χ3v) is 10.6. The Morgan fingerprint density at radius 2 is 1.71 bits per heavy atom. The van der Waals surface area contributed by atoms with E-state index in [0.717, 1.165) is 9.80 Å². The van der Waals surface area contributed by atoms with E-state index < -0.39 is 57.0 Å². The van der Waals surface area contributed by atoms with Gasteiger partial charge in [-0.25, -0.2) is 0 Å². The van der Waals surface area contributed by atoms with Crippen molar-refractivity contribution in [1.29, 1.82) is 0 Å². The van der Waals surface area contributed by atoms with Gasteiger partial charge in [0, 0.05) is 24.1 Å². The molecule has 2 aromatic carbocycles. The molecule has 0 aromatic heterocycles. The number of hydrogen-bond donors (Lipinski definition) is 1. The van der Waals surface area contributed by atoms with Gasteiger partial charge >= 0.3 is 0 Å². The highest BCUT2D eigenvalue weighted by Gasteiger charge is 2.76. The van der Waals surface area contributed by atoms with E-state index in [2.05, 4.69) is 0 Å². The Labute approximate surface area is 252 Å². The van der Waals surface area contributed by atoms with Crippen LogP contribution >= 0.6 is 23.2 Å². The van der Waals surface area contributed by atoms with Crippen LogP contribution in [0, 0.1) is 17.8 Å². The van der Waals surface area contributed by atoms with Crippen molar-refractivity contribution in [2.24, 2.45) is 17.8 Å². The van der Waals surface area contributed by atoms with E-state index in [1.807, 2.05) is 0 Å². The maximum atomic E-state index is 14.1. The maximum absolute atomic E-state index is 14.1. The lowest BCUT2D eigenvalue weighted by molar-refractivity contribution is -0.138. The first-order chi connectivity index (χ1) is 19.9. The van der Waals surface area contributed by atoms with Crippen LogP contribution in [0.2, 0.25) is 0 Å². The Hall–Kier alpha value is -3.69. The van der Waals surface area contributed by atoms with Gasteiger partial charge in [0.2, 0.25) is 11.8 Å². The number of anilines is 1. The summed E-state index contributed by atoms with van der Waals surface area (Å²) in [6, 6.07) is 11.0. The monoisotopic (exact) mass is 610 g/mol. The molecule has 2 saturated heterocycles. The lowest BCUT2D eigenvalue weighted by atomic mass is 9.56. The van der Waals surface area contributed by atoms with E-state index in [4.69, 9.17) is 27.9 Å². The van der Waals surface area contributed by atoms with E-state index >= 15 is 0 Å². The van der Waals surface area contributed by atoms with E-state index in [1.54, 1.807) is 55.5 Å². The lowest BCUT2D eigenvalue weighted by Gasteiger charge is -2.50. The Morgan fingerprint density at radius 1 is 1.02 bits per heavy atom. The predicted octanol–water partition coefficient (Wildman–Crippen LogP) is 4.19. The second kappa shape index (κ2) is 9.67. The van der Waals surface area contributed by atoms with Crippen LogP contribution in [0.3, 0.4) is 0 Å². The highest BCUT2D eigenvalue weighted by Crippen LogP contribution is 2.66. The molecule has 6 atom stereocenters. The van der Waals surface area contributed by atoms with Crippen molar-refractivity contribution >= 4 is 58.3 Å². The molecule has 9 nitrogen and oxygen atoms in total. The smallest absolute Gasteiger partial charge is 0.253 e. The number of fused-ring (bicyclic) bond motifs is 4. The van der Waals surface area contributed by atoms with E-state index in [9.17, 15) is 29.1 Å². The molecule has 6 rings (SSSR count). The number of rotatable bonds is 5. The number of amides is 4. The number of aromatic hydroxyl groups is 1. The van der Waals surface area contributed by atoms with Gasteiger partial charge in [-0.15, -0.1) is 23.2 Å². The van der Waals surface area contributed by atoms with Crippen molar-refractivity contribution in [3.05, 3.63) is 65.2 Å². The van der Waals surface area contributed by atoms with Gasteiger partial charge in [0.1, 0.15) is 0 Å². The number of phenols is 1. The summed E-state index contributed by atoms with van der Waals surface area (Å²) in [5, 5.41) is 11.3. The van der Waals surface area contributed by atoms with Crippen molar-refractivity contribution in [3.63, 3.8) is 0 Å². The van der Waals surface area contributed by atoms with E-state index in [1.165, 1.54) is 14.0 Å². The molecule has 1 saturated carbocycles. The molecule has 3 fully saturated rings. The van der Waals surface area contributed by atoms with Gasteiger partial charge in [-0.2, -0.15) is 0 Å². The molecular weight excluding hydrogens is 583 g/mol. The summed E-state index contributed by atoms with van der Waals surface area (Å²) in [5.41, 5.74) is 1.58. The van der Waals surface area contributed by atoms with Crippen LogP contribution in [0.15, 0.2) is 54.1 Å². The highest BCUT2D eigenvalue weighted by molar-refractivity contribution is 6.53. The number of hydrogen-bond acceptors (Lipinski definition) is 7. The minimum atomic E-state index is -2.01. The highest BCUT2D eigenvalue weighted by atomic mass is 35.5. The quantitative estimate of drug-likeness (QED) is 0.233. The van der Waals surface area contributed by atoms with Gasteiger partial charge in [0.05, 0.1) is 24.1 Å². The van der Waals surface area contributed by atoms with Crippen LogP contribution in [0.1, 0.15) is 48.5 Å². The number of imide groups is 2. The summed E-state index contributed by atoms with van der Waals surface area (Å²) in [4.78, 5) is 64.8. The van der Waals surface area contributed by atoms with E-state index in [-0.39, 0.29) is 42.3 Å². The third kappa shape index (κ3) is 3.59. The number of alkyl halides is 2. The molecule has 42 heavy (non-hydrogen) atoms. The maximum Gasteiger partial charge on any atom is 0.253 e. The van der Waals surface area contributed by atoms with Gasteiger partial charge in [0.25, 0.3) is 11.8 Å². The number of halogens is 2. The second-order valence-electron chi connectivity index (χ2n) is 11.2. The average molecular weight is 611 g/mol. The number of phenolic OH excluding ortho intramolecular Hbond substituents is 1. The third-order valence-electron chi connectivity index (χ3n) is 9.19. The normalized spacial score (nSPS) is 32.0. The first kappa shape index (κ1) is 28.4. The molecule has 218 valence electrons. The number of ketones is 1. The summed E-state index contributed by atoms with van der Waals surface area (Å²) < 4.78 is 5.59. The van der Waals surface area contributed by atoms with Gasteiger partial charge in [-0.05, 0) is 62.9 Å². The number of likely N-dealkylation sites (tertiary alicyclic amines) is 1. The Kier molecular flexibility index (Phi) is 6.55. The van der Waals surface area contributed by atoms with Gasteiger partial charge in [-0.1, -0.05) is 23.8 Å². The summed E-state index contributed by atoms with van der Waals surface area (Å²) in [7, 11) is 1.31. The zero-order valence-electron chi connectivity index (χ0n) is 23.1. The van der Waals surface area contributed by atoms with Gasteiger partial charge in [0.15, 0.2) is 27.0 Å². The molecule has 6 unspecified atom stereocenters. The predicted molar refractivity (Wildman–Crippen MR) is 154 cm³/mol. The fourth-order valence-corrected chi connectivity index (χ4v) is 8.24. The molecule has 0 bridgehead atoms. The Balaban J connectivity index is 1.50. The number of para-hydroxylation sites is 1. The number of benzene rings is 2. The van der Waals surface area contributed by atoms with Crippen molar-refractivity contribution < 1.29 is 33.8 Å². The van der Waals surface area contributed by atoms with Crippen LogP contribution in [0.5, 0.6) is 11.5 Å². The first-order valence-electron chi connectivity index (χ1n) is 13.7. The molecular formula is C31H28Cl2N2O7. The Bertz CT molecular complexity index is 1600. The van der Waals surface area contributed by atoms with E-state index in [0.29, 0.717) is 16.8 Å². The minimum absolute atomic E-state index is 0.147. The topological polar surface area (TPSA) is 121 Å². The van der Waals surface area contributed by atoms with Crippen LogP contribution in [-0.4, -0.2) is 62.8 Å². The van der Waals surface area contributed by atoms with Crippen molar-refractivity contribution in [2.45, 2.75) is 42.4 Å². The number of Topliss-reactive ketones (excluding diaryl/α,β-unsaturated/α-hetero) is 1. The lowest BCUT2D eigenvalue weighted by Crippen LogP contribution is -2.60. The number of carbonyl (C=O) groups is 5. The zero-order valence-corrected chi connectivity index (χ0v) is 24.6. The number of nitrogens with zero attached hydrogens (tertiary/aromatic N) is 2. The summed E-state index contributed by atoms with van der Waals surface area (Å²) in [5.74, 6) is -5.92. The van der Waals surface area contributed by atoms with Crippen molar-refractivity contribution in [2.75, 3.05) is 18.6 Å². The molecule has 11 heteroatoms. The zero-order chi connectivity index (χ0) is 30.3. The number of ether oxygens (including phenoxy) is 1. The number of carbonyl (C=O) groups excluding carboxylic acids is 5. The van der Waals surface area contributed by atoms with Gasteiger partial charge < -0.3 is 9.84 Å². The van der Waals surface area contributed by atoms with Crippen LogP contribution in [0.4, 0.5) is 5.69 Å². The fraction of sp³-hybridized carbons (Fsp3) is 0.387. The largest absolute Gasteiger partial charge is 0.504 e. The fourth-order valence-electron chi connectivity index (χ4n) is 7.23. The van der Waals surface area contributed by atoms with Crippen LogP contribution in [-0.2, 0) is 19.2 Å².